The normalized spacial score (nSPS) is 22.7. The molecule has 13 heavy (non-hydrogen) atoms. The molecule has 0 aromatic heterocycles. The third-order valence-electron chi connectivity index (χ3n) is 1.36. The highest BCUT2D eigenvalue weighted by Crippen LogP contribution is 2.16. The molecule has 0 bridgehead atoms. The van der Waals surface area contributed by atoms with Gasteiger partial charge in [0.15, 0.2) is 0 Å². The first-order chi connectivity index (χ1) is 5.88. The fourth-order valence-electron chi connectivity index (χ4n) is 0.884. The second kappa shape index (κ2) is 3.57. The van der Waals surface area contributed by atoms with E-state index in [2.05, 4.69) is 5.32 Å². The van der Waals surface area contributed by atoms with E-state index in [1.807, 2.05) is 0 Å². The van der Waals surface area contributed by atoms with Gasteiger partial charge in [-0.05, 0) is 20.8 Å². The van der Waals surface area contributed by atoms with Gasteiger partial charge in [-0.1, -0.05) is 11.8 Å². The Balaban J connectivity index is 2.45. The second-order valence-corrected chi connectivity index (χ2v) is 4.82. The zero-order valence-electron chi connectivity index (χ0n) is 7.92. The van der Waals surface area contributed by atoms with Crippen molar-refractivity contribution in [2.75, 3.05) is 5.75 Å². The van der Waals surface area contributed by atoms with Gasteiger partial charge in [0, 0.05) is 5.75 Å². The van der Waals surface area contributed by atoms with Crippen LogP contribution >= 0.6 is 11.8 Å². The number of ether oxygens (including phenoxy) is 1. The Morgan fingerprint density at radius 2 is 2.23 bits per heavy atom. The molecule has 0 spiro atoms. The fourth-order valence-corrected chi connectivity index (χ4v) is 1.65. The first kappa shape index (κ1) is 10.4. The monoisotopic (exact) mass is 203 g/mol. The van der Waals surface area contributed by atoms with Crippen LogP contribution in [0.5, 0.6) is 0 Å². The number of thioether (sulfide) groups is 1. The molecule has 1 aliphatic heterocycles. The molecule has 1 amide bonds. The summed E-state index contributed by atoms with van der Waals surface area (Å²) in [6.07, 6.45) is 0. The molecule has 0 aliphatic carbocycles. The molecule has 74 valence electrons. The van der Waals surface area contributed by atoms with E-state index in [0.717, 1.165) is 11.8 Å². The minimum absolute atomic E-state index is 0.157. The number of nitrogens with one attached hydrogen (secondary N) is 1. The molecule has 1 saturated heterocycles. The van der Waals surface area contributed by atoms with Crippen LogP contribution in [0.1, 0.15) is 20.8 Å². The van der Waals surface area contributed by atoms with E-state index in [4.69, 9.17) is 4.74 Å². The van der Waals surface area contributed by atoms with Gasteiger partial charge in [-0.25, -0.2) is 4.79 Å². The molecule has 1 N–H and O–H groups in total. The highest BCUT2D eigenvalue weighted by Gasteiger charge is 2.31. The van der Waals surface area contributed by atoms with E-state index in [-0.39, 0.29) is 11.2 Å². The standard InChI is InChI=1S/C8H13NO3S/c1-8(2,3)12-6(10)5-4-13-7(11)9-5/h5H,4H2,1-3H3,(H,9,11)/t5-/m0/s1. The average Bonchev–Trinajstić information content (AvgIpc) is 2.31. The van der Waals surface area contributed by atoms with Gasteiger partial charge in [0.1, 0.15) is 11.6 Å². The molecule has 0 aromatic rings. The summed E-state index contributed by atoms with van der Waals surface area (Å²) in [5.74, 6) is 0.110. The largest absolute Gasteiger partial charge is 0.458 e. The molecule has 0 radical (unpaired) electrons. The Bertz CT molecular complexity index is 234. The summed E-state index contributed by atoms with van der Waals surface area (Å²) in [5.41, 5.74) is -0.491. The highest BCUT2D eigenvalue weighted by atomic mass is 32.2. The van der Waals surface area contributed by atoms with Crippen molar-refractivity contribution in [3.8, 4) is 0 Å². The third-order valence-corrected chi connectivity index (χ3v) is 2.24. The van der Waals surface area contributed by atoms with Crippen molar-refractivity contribution in [2.45, 2.75) is 32.4 Å². The van der Waals surface area contributed by atoms with Crippen molar-refractivity contribution >= 4 is 23.0 Å². The molecular formula is C8H13NO3S. The first-order valence-corrected chi connectivity index (χ1v) is 5.03. The third kappa shape index (κ3) is 3.26. The molecule has 1 heterocycles. The zero-order chi connectivity index (χ0) is 10.1. The minimum Gasteiger partial charge on any atom is -0.458 e. The summed E-state index contributed by atoms with van der Waals surface area (Å²) in [6.45, 7) is 5.40. The lowest BCUT2D eigenvalue weighted by Crippen LogP contribution is -2.39. The van der Waals surface area contributed by atoms with Gasteiger partial charge in [0.25, 0.3) is 5.24 Å². The van der Waals surface area contributed by atoms with Crippen molar-refractivity contribution < 1.29 is 14.3 Å². The van der Waals surface area contributed by atoms with Crippen LogP contribution in [0.4, 0.5) is 4.79 Å². The van der Waals surface area contributed by atoms with Gasteiger partial charge < -0.3 is 10.1 Å². The SMILES string of the molecule is CC(C)(C)OC(=O)[C@@H]1CSC(=O)N1. The topological polar surface area (TPSA) is 55.4 Å². The summed E-state index contributed by atoms with van der Waals surface area (Å²) < 4.78 is 5.10. The van der Waals surface area contributed by atoms with Crippen molar-refractivity contribution in [3.63, 3.8) is 0 Å². The molecule has 0 saturated carbocycles. The second-order valence-electron chi connectivity index (χ2n) is 3.83. The van der Waals surface area contributed by atoms with Crippen LogP contribution in [0.15, 0.2) is 0 Å². The van der Waals surface area contributed by atoms with Gasteiger partial charge in [-0.2, -0.15) is 0 Å². The molecule has 0 aromatic carbocycles. The van der Waals surface area contributed by atoms with E-state index in [0.29, 0.717) is 5.75 Å². The maximum atomic E-state index is 11.4. The Labute approximate surface area is 81.4 Å². The van der Waals surface area contributed by atoms with Gasteiger partial charge in [-0.3, -0.25) is 4.79 Å². The Kier molecular flexibility index (Phi) is 2.85. The van der Waals surface area contributed by atoms with Gasteiger partial charge in [0.05, 0.1) is 0 Å². The molecule has 1 rings (SSSR count). The van der Waals surface area contributed by atoms with E-state index in [1.165, 1.54) is 0 Å². The van der Waals surface area contributed by atoms with E-state index in [9.17, 15) is 9.59 Å². The number of amides is 1. The lowest BCUT2D eigenvalue weighted by atomic mass is 10.2. The molecule has 1 atom stereocenters. The summed E-state index contributed by atoms with van der Waals surface area (Å²) >= 11 is 1.11. The number of rotatable bonds is 1. The summed E-state index contributed by atoms with van der Waals surface area (Å²) in [6, 6.07) is -0.475. The quantitative estimate of drug-likeness (QED) is 0.650. The lowest BCUT2D eigenvalue weighted by molar-refractivity contribution is -0.156. The van der Waals surface area contributed by atoms with Crippen LogP contribution in [-0.2, 0) is 9.53 Å². The Morgan fingerprint density at radius 3 is 2.62 bits per heavy atom. The van der Waals surface area contributed by atoms with Gasteiger partial charge in [0.2, 0.25) is 0 Å². The summed E-state index contributed by atoms with van der Waals surface area (Å²) in [5, 5.41) is 2.37. The maximum absolute atomic E-state index is 11.4. The number of carbonyl (C=O) groups excluding carboxylic acids is 2. The van der Waals surface area contributed by atoms with E-state index < -0.39 is 11.6 Å². The van der Waals surface area contributed by atoms with Crippen molar-refractivity contribution in [1.29, 1.82) is 0 Å². The number of esters is 1. The molecular weight excluding hydrogens is 190 g/mol. The lowest BCUT2D eigenvalue weighted by Gasteiger charge is -2.21. The minimum atomic E-state index is -0.491. The Hall–Kier alpha value is -0.710. The van der Waals surface area contributed by atoms with Crippen molar-refractivity contribution in [2.24, 2.45) is 0 Å². The van der Waals surface area contributed by atoms with Crippen LogP contribution in [0.3, 0.4) is 0 Å². The number of hydrogen-bond donors (Lipinski definition) is 1. The summed E-state index contributed by atoms with van der Waals surface area (Å²) in [4.78, 5) is 22.1. The first-order valence-electron chi connectivity index (χ1n) is 4.04. The number of hydrogen-bond acceptors (Lipinski definition) is 4. The predicted octanol–water partition coefficient (Wildman–Crippen LogP) is 1.15. The maximum Gasteiger partial charge on any atom is 0.330 e. The van der Waals surface area contributed by atoms with Crippen LogP contribution in [0.25, 0.3) is 0 Å². The van der Waals surface area contributed by atoms with Crippen LogP contribution < -0.4 is 5.32 Å². The average molecular weight is 203 g/mol. The van der Waals surface area contributed by atoms with Crippen LogP contribution in [0.2, 0.25) is 0 Å². The molecule has 4 nitrogen and oxygen atoms in total. The smallest absolute Gasteiger partial charge is 0.330 e. The van der Waals surface area contributed by atoms with E-state index in [1.54, 1.807) is 20.8 Å². The van der Waals surface area contributed by atoms with Gasteiger partial charge >= 0.3 is 5.97 Å². The molecule has 5 heteroatoms. The summed E-state index contributed by atoms with van der Waals surface area (Å²) in [7, 11) is 0. The molecule has 1 fully saturated rings. The fraction of sp³-hybridized carbons (Fsp3) is 0.750. The van der Waals surface area contributed by atoms with Gasteiger partial charge in [-0.15, -0.1) is 0 Å². The number of carbonyl (C=O) groups is 2. The predicted molar refractivity (Wildman–Crippen MR) is 50.6 cm³/mol. The zero-order valence-corrected chi connectivity index (χ0v) is 8.73. The molecule has 1 aliphatic rings. The van der Waals surface area contributed by atoms with Crippen LogP contribution in [0, 0.1) is 0 Å². The van der Waals surface area contributed by atoms with Crippen molar-refractivity contribution in [3.05, 3.63) is 0 Å². The van der Waals surface area contributed by atoms with Crippen molar-refractivity contribution in [1.82, 2.24) is 5.32 Å². The van der Waals surface area contributed by atoms with E-state index >= 15 is 0 Å². The molecule has 0 unspecified atom stereocenters. The highest BCUT2D eigenvalue weighted by molar-refractivity contribution is 8.14. The van der Waals surface area contributed by atoms with Crippen LogP contribution in [-0.4, -0.2) is 28.6 Å². The Morgan fingerprint density at radius 1 is 1.62 bits per heavy atom.